The van der Waals surface area contributed by atoms with Crippen LogP contribution < -0.4 is 5.32 Å². The van der Waals surface area contributed by atoms with Gasteiger partial charge in [0, 0.05) is 14.4 Å². The molecule has 0 fully saturated rings. The molecule has 2 rings (SSSR count). The van der Waals surface area contributed by atoms with Crippen LogP contribution in [0.1, 0.15) is 23.8 Å². The number of nitrogens with one attached hydrogen (secondary N) is 1. The topological polar surface area (TPSA) is 12.0 Å². The average molecular weight is 387 g/mol. The second-order valence-electron chi connectivity index (χ2n) is 5.30. The third-order valence-electron chi connectivity index (χ3n) is 3.44. The predicted molar refractivity (Wildman–Crippen MR) is 97.5 cm³/mol. The van der Waals surface area contributed by atoms with E-state index in [1.807, 2.05) is 23.5 Å². The van der Waals surface area contributed by atoms with E-state index in [4.69, 9.17) is 11.6 Å². The van der Waals surface area contributed by atoms with E-state index in [9.17, 15) is 0 Å². The Morgan fingerprint density at radius 3 is 2.81 bits per heavy atom. The van der Waals surface area contributed by atoms with Gasteiger partial charge in [-0.15, -0.1) is 11.3 Å². The molecule has 0 amide bonds. The van der Waals surface area contributed by atoms with Gasteiger partial charge in [0.2, 0.25) is 0 Å². The van der Waals surface area contributed by atoms with Crippen molar-refractivity contribution in [2.75, 3.05) is 13.1 Å². The van der Waals surface area contributed by atoms with Gasteiger partial charge in [0.05, 0.1) is 0 Å². The summed E-state index contributed by atoms with van der Waals surface area (Å²) in [5.74, 6) is 0.588. The summed E-state index contributed by atoms with van der Waals surface area (Å²) in [6.45, 7) is 4.33. The Balaban J connectivity index is 2.02. The van der Waals surface area contributed by atoms with Crippen molar-refractivity contribution >= 4 is 38.9 Å². The van der Waals surface area contributed by atoms with Gasteiger partial charge in [-0.1, -0.05) is 30.7 Å². The molecule has 114 valence electrons. The molecule has 0 aliphatic rings. The normalized spacial score (nSPS) is 12.5. The number of hydrogen-bond acceptors (Lipinski definition) is 2. The molecule has 1 aromatic heterocycles. The summed E-state index contributed by atoms with van der Waals surface area (Å²) in [6, 6.07) is 10.4. The van der Waals surface area contributed by atoms with E-state index in [-0.39, 0.29) is 0 Å². The maximum atomic E-state index is 6.10. The maximum Gasteiger partial charge on any atom is 0.0408 e. The van der Waals surface area contributed by atoms with Crippen LogP contribution in [0.25, 0.3) is 0 Å². The minimum absolute atomic E-state index is 0.588. The van der Waals surface area contributed by atoms with Gasteiger partial charge in [-0.25, -0.2) is 0 Å². The summed E-state index contributed by atoms with van der Waals surface area (Å²) < 4.78 is 1.24. The van der Waals surface area contributed by atoms with Crippen molar-refractivity contribution in [2.45, 2.75) is 26.2 Å². The summed E-state index contributed by atoms with van der Waals surface area (Å²) in [5.41, 5.74) is 1.32. The molecule has 1 aromatic carbocycles. The van der Waals surface area contributed by atoms with Crippen LogP contribution in [0, 0.1) is 5.92 Å². The van der Waals surface area contributed by atoms with Crippen LogP contribution in [-0.4, -0.2) is 13.1 Å². The molecule has 0 spiro atoms. The summed E-state index contributed by atoms with van der Waals surface area (Å²) in [6.07, 6.45) is 3.33. The zero-order valence-electron chi connectivity index (χ0n) is 12.2. The quantitative estimate of drug-likeness (QED) is 0.585. The van der Waals surface area contributed by atoms with Crippen LogP contribution in [0.5, 0.6) is 0 Å². The average Bonchev–Trinajstić information content (AvgIpc) is 2.84. The third kappa shape index (κ3) is 5.74. The first kappa shape index (κ1) is 17.0. The van der Waals surface area contributed by atoms with E-state index in [0.29, 0.717) is 5.92 Å². The Morgan fingerprint density at radius 1 is 1.29 bits per heavy atom. The van der Waals surface area contributed by atoms with Crippen LogP contribution in [0.3, 0.4) is 0 Å². The fourth-order valence-corrected chi connectivity index (χ4v) is 4.27. The molecule has 0 aliphatic carbocycles. The fourth-order valence-electron chi connectivity index (χ4n) is 2.43. The first-order valence-electron chi connectivity index (χ1n) is 7.36. The molecule has 1 N–H and O–H groups in total. The highest BCUT2D eigenvalue weighted by atomic mass is 79.9. The van der Waals surface area contributed by atoms with Crippen molar-refractivity contribution in [1.29, 1.82) is 0 Å². The van der Waals surface area contributed by atoms with Crippen LogP contribution in [-0.2, 0) is 12.8 Å². The van der Waals surface area contributed by atoms with Crippen LogP contribution in [0.4, 0.5) is 0 Å². The molecule has 4 heteroatoms. The Morgan fingerprint density at radius 2 is 2.14 bits per heavy atom. The molecule has 1 atom stereocenters. The minimum Gasteiger partial charge on any atom is -0.316 e. The molecule has 0 saturated heterocycles. The third-order valence-corrected chi connectivity index (χ3v) is 5.62. The summed E-state index contributed by atoms with van der Waals surface area (Å²) in [7, 11) is 0. The number of halogens is 2. The molecule has 1 unspecified atom stereocenters. The molecule has 0 radical (unpaired) electrons. The summed E-state index contributed by atoms with van der Waals surface area (Å²) >= 11 is 11.6. The molecule has 0 aliphatic heterocycles. The zero-order valence-corrected chi connectivity index (χ0v) is 15.4. The van der Waals surface area contributed by atoms with E-state index in [0.717, 1.165) is 31.0 Å². The number of thiophene rings is 1. The van der Waals surface area contributed by atoms with Gasteiger partial charge in [0.1, 0.15) is 0 Å². The minimum atomic E-state index is 0.588. The highest BCUT2D eigenvalue weighted by Crippen LogP contribution is 2.27. The Bertz CT molecular complexity index is 555. The summed E-state index contributed by atoms with van der Waals surface area (Å²) in [4.78, 5) is 1.43. The largest absolute Gasteiger partial charge is 0.316 e. The van der Waals surface area contributed by atoms with Crippen molar-refractivity contribution in [3.8, 4) is 0 Å². The summed E-state index contributed by atoms with van der Waals surface area (Å²) in [5, 5.41) is 6.53. The monoisotopic (exact) mass is 385 g/mol. The van der Waals surface area contributed by atoms with Gasteiger partial charge in [-0.05, 0) is 83.3 Å². The maximum absolute atomic E-state index is 6.10. The van der Waals surface area contributed by atoms with E-state index in [1.54, 1.807) is 0 Å². The van der Waals surface area contributed by atoms with Crippen molar-refractivity contribution in [1.82, 2.24) is 5.32 Å². The SMILES string of the molecule is CCCNCC(Cc1cccc(Cl)c1)Cc1sccc1Br. The highest BCUT2D eigenvalue weighted by molar-refractivity contribution is 9.10. The first-order valence-corrected chi connectivity index (χ1v) is 9.41. The van der Waals surface area contributed by atoms with Crippen molar-refractivity contribution in [2.24, 2.45) is 5.92 Å². The Hall–Kier alpha value is -0.350. The van der Waals surface area contributed by atoms with Crippen LogP contribution >= 0.6 is 38.9 Å². The lowest BCUT2D eigenvalue weighted by Crippen LogP contribution is -2.26. The standard InChI is InChI=1S/C17H21BrClNS/c1-2-7-20-12-14(11-17-16(18)6-8-21-17)9-13-4-3-5-15(19)10-13/h3-6,8,10,14,20H,2,7,9,11-12H2,1H3. The lowest BCUT2D eigenvalue weighted by atomic mass is 9.95. The second-order valence-corrected chi connectivity index (χ2v) is 7.59. The smallest absolute Gasteiger partial charge is 0.0408 e. The highest BCUT2D eigenvalue weighted by Gasteiger charge is 2.13. The second kappa shape index (κ2) is 8.94. The van der Waals surface area contributed by atoms with Crippen LogP contribution in [0.15, 0.2) is 40.2 Å². The van der Waals surface area contributed by atoms with Crippen LogP contribution in [0.2, 0.25) is 5.02 Å². The lowest BCUT2D eigenvalue weighted by Gasteiger charge is -2.17. The van der Waals surface area contributed by atoms with E-state index >= 15 is 0 Å². The Labute approximate surface area is 144 Å². The van der Waals surface area contributed by atoms with Crippen molar-refractivity contribution in [3.05, 3.63) is 55.6 Å². The fraction of sp³-hybridized carbons (Fsp3) is 0.412. The number of rotatable bonds is 8. The Kier molecular flexibility index (Phi) is 7.24. The molecule has 0 bridgehead atoms. The molecule has 21 heavy (non-hydrogen) atoms. The van der Waals surface area contributed by atoms with Crippen molar-refractivity contribution in [3.63, 3.8) is 0 Å². The molecule has 0 saturated carbocycles. The molecular formula is C17H21BrClNS. The van der Waals surface area contributed by atoms with Crippen molar-refractivity contribution < 1.29 is 0 Å². The van der Waals surface area contributed by atoms with Gasteiger partial charge in [0.25, 0.3) is 0 Å². The zero-order chi connectivity index (χ0) is 15.1. The molecule has 1 heterocycles. The van der Waals surface area contributed by atoms with E-state index < -0.39 is 0 Å². The van der Waals surface area contributed by atoms with E-state index in [1.165, 1.54) is 21.3 Å². The number of hydrogen-bond donors (Lipinski definition) is 1. The van der Waals surface area contributed by atoms with E-state index in [2.05, 4.69) is 51.7 Å². The number of benzene rings is 1. The molecule has 2 aromatic rings. The van der Waals surface area contributed by atoms with Gasteiger partial charge >= 0.3 is 0 Å². The lowest BCUT2D eigenvalue weighted by molar-refractivity contribution is 0.473. The van der Waals surface area contributed by atoms with Gasteiger partial charge in [0.15, 0.2) is 0 Å². The molecule has 1 nitrogen and oxygen atoms in total. The van der Waals surface area contributed by atoms with Gasteiger partial charge in [-0.2, -0.15) is 0 Å². The first-order chi connectivity index (χ1) is 10.2. The molecular weight excluding hydrogens is 366 g/mol. The van der Waals surface area contributed by atoms with Gasteiger partial charge < -0.3 is 5.32 Å². The van der Waals surface area contributed by atoms with Gasteiger partial charge in [-0.3, -0.25) is 0 Å². The predicted octanol–water partition coefficient (Wildman–Crippen LogP) is 5.57.